The molecule has 0 bridgehead atoms. The first-order valence-electron chi connectivity index (χ1n) is 15.8. The largest absolute Gasteiger partial charge is 0.354 e. The van der Waals surface area contributed by atoms with Gasteiger partial charge < -0.3 is 21.3 Å². The summed E-state index contributed by atoms with van der Waals surface area (Å²) in [6.07, 6.45) is 1.73. The summed E-state index contributed by atoms with van der Waals surface area (Å²) in [6.45, 7) is 17.8. The van der Waals surface area contributed by atoms with E-state index in [4.69, 9.17) is 0 Å². The number of hydrogen-bond donors (Lipinski definition) is 4. The number of benzene rings is 1. The number of carbonyl (C=O) groups is 5. The van der Waals surface area contributed by atoms with Gasteiger partial charge in [0.25, 0.3) is 0 Å². The fourth-order valence-electron chi connectivity index (χ4n) is 4.72. The average Bonchev–Trinajstić information content (AvgIpc) is 2.90. The zero-order chi connectivity index (χ0) is 32.7. The average molecular weight is 601 g/mol. The second kappa shape index (κ2) is 19.1. The highest BCUT2D eigenvalue weighted by molar-refractivity contribution is 5.95. The lowest BCUT2D eigenvalue weighted by atomic mass is 9.88. The molecule has 0 aliphatic rings. The van der Waals surface area contributed by atoms with Crippen LogP contribution < -0.4 is 21.3 Å². The summed E-state index contributed by atoms with van der Waals surface area (Å²) in [5.41, 5.74) is 0.890. The zero-order valence-corrected chi connectivity index (χ0v) is 27.8. The molecule has 1 rings (SSSR count). The summed E-state index contributed by atoms with van der Waals surface area (Å²) in [5, 5.41) is 11.4. The van der Waals surface area contributed by atoms with Crippen LogP contribution in [-0.2, 0) is 30.4 Å². The molecular formula is C34H56N4O5. The SMILES string of the molecule is CC(C)CCNC(=O)C(C)NC(=O)C(CC(=O)[C@H](CC(C)C)NC(=O)C(NC(=O)CC(C)C)C(C)C)Cc1ccccc1. The normalized spacial score (nSPS) is 14.3. The highest BCUT2D eigenvalue weighted by Crippen LogP contribution is 2.18. The van der Waals surface area contributed by atoms with Crippen LogP contribution in [0.15, 0.2) is 30.3 Å². The lowest BCUT2D eigenvalue weighted by Crippen LogP contribution is -2.54. The first kappa shape index (κ1) is 37.8. The molecule has 3 unspecified atom stereocenters. The number of carbonyl (C=O) groups excluding carboxylic acids is 5. The Hall–Kier alpha value is -3.23. The highest BCUT2D eigenvalue weighted by atomic mass is 16.2. The monoisotopic (exact) mass is 600 g/mol. The zero-order valence-electron chi connectivity index (χ0n) is 27.8. The molecule has 0 aliphatic heterocycles. The molecular weight excluding hydrogens is 544 g/mol. The van der Waals surface area contributed by atoms with Gasteiger partial charge in [-0.3, -0.25) is 24.0 Å². The van der Waals surface area contributed by atoms with Crippen LogP contribution in [0.3, 0.4) is 0 Å². The minimum Gasteiger partial charge on any atom is -0.354 e. The van der Waals surface area contributed by atoms with Crippen molar-refractivity contribution in [1.82, 2.24) is 21.3 Å². The Labute approximate surface area is 259 Å². The molecule has 9 nitrogen and oxygen atoms in total. The van der Waals surface area contributed by atoms with Crippen molar-refractivity contribution in [3.63, 3.8) is 0 Å². The van der Waals surface area contributed by atoms with Crippen molar-refractivity contribution >= 4 is 29.4 Å². The molecule has 0 saturated carbocycles. The van der Waals surface area contributed by atoms with E-state index in [2.05, 4.69) is 35.1 Å². The van der Waals surface area contributed by atoms with Crippen LogP contribution in [0.2, 0.25) is 0 Å². The summed E-state index contributed by atoms with van der Waals surface area (Å²) >= 11 is 0. The molecule has 43 heavy (non-hydrogen) atoms. The van der Waals surface area contributed by atoms with Gasteiger partial charge in [-0.25, -0.2) is 0 Å². The highest BCUT2D eigenvalue weighted by Gasteiger charge is 2.32. The number of amides is 4. The van der Waals surface area contributed by atoms with E-state index in [1.807, 2.05) is 71.9 Å². The van der Waals surface area contributed by atoms with Crippen LogP contribution in [0.1, 0.15) is 93.6 Å². The lowest BCUT2D eigenvalue weighted by molar-refractivity contribution is -0.135. The third kappa shape index (κ3) is 15.2. The first-order valence-corrected chi connectivity index (χ1v) is 15.8. The van der Waals surface area contributed by atoms with Gasteiger partial charge in [-0.1, -0.05) is 85.7 Å². The molecule has 0 aliphatic carbocycles. The van der Waals surface area contributed by atoms with E-state index < -0.39 is 30.0 Å². The van der Waals surface area contributed by atoms with Gasteiger partial charge in [-0.2, -0.15) is 0 Å². The Morgan fingerprint density at radius 2 is 1.30 bits per heavy atom. The van der Waals surface area contributed by atoms with Crippen LogP contribution in [0.25, 0.3) is 0 Å². The Balaban J connectivity index is 3.11. The summed E-state index contributed by atoms with van der Waals surface area (Å²) in [4.78, 5) is 65.6. The van der Waals surface area contributed by atoms with Crippen molar-refractivity contribution in [3.8, 4) is 0 Å². The van der Waals surface area contributed by atoms with Gasteiger partial charge in [0.1, 0.15) is 12.1 Å². The van der Waals surface area contributed by atoms with Crippen LogP contribution >= 0.6 is 0 Å². The summed E-state index contributed by atoms with van der Waals surface area (Å²) < 4.78 is 0. The van der Waals surface area contributed by atoms with Gasteiger partial charge in [0.05, 0.1) is 6.04 Å². The van der Waals surface area contributed by atoms with E-state index in [1.165, 1.54) is 0 Å². The van der Waals surface area contributed by atoms with E-state index in [0.717, 1.165) is 12.0 Å². The minimum absolute atomic E-state index is 0.0956. The molecule has 4 amide bonds. The second-order valence-electron chi connectivity index (χ2n) is 13.3. The van der Waals surface area contributed by atoms with Crippen LogP contribution in [-0.4, -0.2) is 54.1 Å². The molecule has 242 valence electrons. The number of nitrogens with one attached hydrogen (secondary N) is 4. The van der Waals surface area contributed by atoms with Crippen LogP contribution in [0.4, 0.5) is 0 Å². The predicted molar refractivity (Wildman–Crippen MR) is 171 cm³/mol. The molecule has 4 N–H and O–H groups in total. The molecule has 0 spiro atoms. The van der Waals surface area contributed by atoms with Crippen molar-refractivity contribution in [2.75, 3.05) is 6.54 Å². The molecule has 1 aromatic carbocycles. The van der Waals surface area contributed by atoms with E-state index in [-0.39, 0.29) is 47.7 Å². The van der Waals surface area contributed by atoms with Crippen molar-refractivity contribution in [3.05, 3.63) is 35.9 Å². The summed E-state index contributed by atoms with van der Waals surface area (Å²) in [7, 11) is 0. The Bertz CT molecular complexity index is 1040. The lowest BCUT2D eigenvalue weighted by Gasteiger charge is -2.27. The quantitative estimate of drug-likeness (QED) is 0.189. The number of ketones is 1. The van der Waals surface area contributed by atoms with Gasteiger partial charge in [0.2, 0.25) is 23.6 Å². The smallest absolute Gasteiger partial charge is 0.243 e. The summed E-state index contributed by atoms with van der Waals surface area (Å²) in [6, 6.07) is 7.05. The fourth-order valence-corrected chi connectivity index (χ4v) is 4.72. The third-order valence-electron chi connectivity index (χ3n) is 7.19. The maximum Gasteiger partial charge on any atom is 0.243 e. The predicted octanol–water partition coefficient (Wildman–Crippen LogP) is 4.19. The van der Waals surface area contributed by atoms with Gasteiger partial charge in [-0.15, -0.1) is 0 Å². The molecule has 0 heterocycles. The van der Waals surface area contributed by atoms with Crippen molar-refractivity contribution in [1.29, 1.82) is 0 Å². The van der Waals surface area contributed by atoms with Crippen molar-refractivity contribution in [2.45, 2.75) is 113 Å². The van der Waals surface area contributed by atoms with E-state index in [0.29, 0.717) is 31.7 Å². The Morgan fingerprint density at radius 3 is 1.84 bits per heavy atom. The van der Waals surface area contributed by atoms with E-state index >= 15 is 0 Å². The standard InChI is InChI=1S/C34H56N4O5/c1-21(2)15-16-35-32(41)25(9)36-33(42)27(19-26-13-11-10-12-14-26)20-29(39)28(17-22(3)4)37-34(43)31(24(7)8)38-30(40)18-23(5)6/h10-14,21-25,27-28,31H,15-20H2,1-9H3,(H,35,41)(H,36,42)(H,37,43)(H,38,40)/t25?,27?,28-,31?/m0/s1. The number of hydrogen-bond acceptors (Lipinski definition) is 5. The third-order valence-corrected chi connectivity index (χ3v) is 7.19. The molecule has 4 atom stereocenters. The second-order valence-corrected chi connectivity index (χ2v) is 13.3. The van der Waals surface area contributed by atoms with Gasteiger partial charge >= 0.3 is 0 Å². The summed E-state index contributed by atoms with van der Waals surface area (Å²) in [5.74, 6) is -1.79. The van der Waals surface area contributed by atoms with Gasteiger partial charge in [0.15, 0.2) is 5.78 Å². The Kier molecular flexibility index (Phi) is 16.8. The minimum atomic E-state index is -0.821. The Morgan fingerprint density at radius 1 is 0.674 bits per heavy atom. The van der Waals surface area contributed by atoms with Gasteiger partial charge in [0, 0.05) is 25.3 Å². The molecule has 0 saturated heterocycles. The van der Waals surface area contributed by atoms with Gasteiger partial charge in [-0.05, 0) is 55.4 Å². The van der Waals surface area contributed by atoms with E-state index in [1.54, 1.807) is 6.92 Å². The number of rotatable bonds is 19. The fraction of sp³-hybridized carbons (Fsp3) is 0.676. The molecule has 0 aromatic heterocycles. The van der Waals surface area contributed by atoms with Crippen molar-refractivity contribution in [2.24, 2.45) is 29.6 Å². The maximum absolute atomic E-state index is 13.7. The van der Waals surface area contributed by atoms with Crippen LogP contribution in [0, 0.1) is 29.6 Å². The van der Waals surface area contributed by atoms with Crippen LogP contribution in [0.5, 0.6) is 0 Å². The molecule has 0 radical (unpaired) electrons. The maximum atomic E-state index is 13.7. The molecule has 0 fully saturated rings. The first-order chi connectivity index (χ1) is 20.1. The van der Waals surface area contributed by atoms with E-state index in [9.17, 15) is 24.0 Å². The number of Topliss-reactive ketones (excluding diaryl/α,β-unsaturated/α-hetero) is 1. The molecule has 9 heteroatoms. The topological polar surface area (TPSA) is 133 Å². The molecule has 1 aromatic rings. The van der Waals surface area contributed by atoms with Crippen molar-refractivity contribution < 1.29 is 24.0 Å².